The van der Waals surface area contributed by atoms with E-state index in [0.29, 0.717) is 31.6 Å². The van der Waals surface area contributed by atoms with Crippen LogP contribution in [0.25, 0.3) is 0 Å². The fraction of sp³-hybridized carbons (Fsp3) is 0.944. The lowest BCUT2D eigenvalue weighted by atomic mass is 10.0. The molecular formula is C71H138O17P2. The van der Waals surface area contributed by atoms with Crippen molar-refractivity contribution in [3.63, 3.8) is 0 Å². The average molecular weight is 1330 g/mol. The van der Waals surface area contributed by atoms with Crippen LogP contribution in [0, 0.1) is 23.7 Å². The number of phosphoric acid groups is 2. The van der Waals surface area contributed by atoms with E-state index in [2.05, 4.69) is 55.4 Å². The van der Waals surface area contributed by atoms with Crippen LogP contribution in [0.3, 0.4) is 0 Å². The standard InChI is InChI=1S/C71H138O17P2/c1-61(2)47-39-31-23-16-11-9-13-19-27-35-43-51-68(73)81-57-66(87-70(75)53-45-37-28-20-14-10-12-17-24-32-40-48-62(3)4)59-85-89(77,78)83-55-65(72)56-84-90(79,80)86-60-67(58-82-69(74)52-44-36-30-22-26-34-42-50-64(7)8)88-71(76)54-46-38-29-21-15-18-25-33-41-49-63(5)6/h61-67,72H,9-60H2,1-8H3,(H,77,78)(H,79,80)/t65?,66-,67-/m1/s1. The summed E-state index contributed by atoms with van der Waals surface area (Å²) in [5, 5.41) is 10.6. The summed E-state index contributed by atoms with van der Waals surface area (Å²) in [6.07, 6.45) is 43.1. The van der Waals surface area contributed by atoms with E-state index in [1.807, 2.05) is 0 Å². The van der Waals surface area contributed by atoms with Crippen LogP contribution in [0.4, 0.5) is 0 Å². The zero-order valence-electron chi connectivity index (χ0n) is 58.8. The van der Waals surface area contributed by atoms with Crippen molar-refractivity contribution in [2.45, 2.75) is 369 Å². The monoisotopic (exact) mass is 1320 g/mol. The van der Waals surface area contributed by atoms with Gasteiger partial charge in [-0.3, -0.25) is 37.3 Å². The fourth-order valence-electron chi connectivity index (χ4n) is 10.7. The number of carbonyl (C=O) groups excluding carboxylic acids is 4. The highest BCUT2D eigenvalue weighted by atomic mass is 31.2. The minimum absolute atomic E-state index is 0.104. The molecule has 0 saturated heterocycles. The van der Waals surface area contributed by atoms with Crippen molar-refractivity contribution in [2.75, 3.05) is 39.6 Å². The lowest BCUT2D eigenvalue weighted by Crippen LogP contribution is -2.30. The van der Waals surface area contributed by atoms with Crippen molar-refractivity contribution in [3.05, 3.63) is 0 Å². The van der Waals surface area contributed by atoms with Crippen LogP contribution >= 0.6 is 15.6 Å². The van der Waals surface area contributed by atoms with Crippen LogP contribution in [0.5, 0.6) is 0 Å². The lowest BCUT2D eigenvalue weighted by molar-refractivity contribution is -0.161. The number of aliphatic hydroxyl groups is 1. The van der Waals surface area contributed by atoms with Gasteiger partial charge in [-0.05, 0) is 49.4 Å². The van der Waals surface area contributed by atoms with E-state index >= 15 is 0 Å². The molecule has 0 rings (SSSR count). The van der Waals surface area contributed by atoms with Crippen molar-refractivity contribution in [1.29, 1.82) is 0 Å². The molecule has 5 atom stereocenters. The molecular weight excluding hydrogens is 1190 g/mol. The normalized spacial score (nSPS) is 14.3. The van der Waals surface area contributed by atoms with Gasteiger partial charge in [0.25, 0.3) is 0 Å². The first-order valence-corrected chi connectivity index (χ1v) is 39.7. The number of ether oxygens (including phenoxy) is 4. The third-order valence-electron chi connectivity index (χ3n) is 16.3. The maximum Gasteiger partial charge on any atom is 0.472 e. The number of rotatable bonds is 68. The highest BCUT2D eigenvalue weighted by Gasteiger charge is 2.30. The van der Waals surface area contributed by atoms with Crippen LogP contribution < -0.4 is 0 Å². The third kappa shape index (κ3) is 64.8. The molecule has 90 heavy (non-hydrogen) atoms. The van der Waals surface area contributed by atoms with E-state index in [0.717, 1.165) is 114 Å². The van der Waals surface area contributed by atoms with Gasteiger partial charge in [0, 0.05) is 25.7 Å². The second-order valence-corrected chi connectivity index (χ2v) is 30.4. The quantitative estimate of drug-likeness (QED) is 0.0222. The summed E-state index contributed by atoms with van der Waals surface area (Å²) in [6.45, 7) is 14.1. The molecule has 17 nitrogen and oxygen atoms in total. The SMILES string of the molecule is CC(C)CCCCCCCCCCCCCC(=O)OC[C@H](COP(=O)(O)OCC(O)COP(=O)(O)OC[C@@H](COC(=O)CCCCCCCCCC(C)C)OC(=O)CCCCCCCCCCCC(C)C)OC(=O)CCCCCCCCCCCCCC(C)C. The third-order valence-corrected chi connectivity index (χ3v) is 18.2. The predicted molar refractivity (Wildman–Crippen MR) is 363 cm³/mol. The predicted octanol–water partition coefficient (Wildman–Crippen LogP) is 20.1. The first-order valence-electron chi connectivity index (χ1n) is 36.7. The molecule has 0 aliphatic rings. The average Bonchev–Trinajstić information content (AvgIpc) is 3.18. The number of aliphatic hydroxyl groups excluding tert-OH is 1. The molecule has 0 radical (unpaired) electrons. The van der Waals surface area contributed by atoms with Gasteiger partial charge in [-0.1, -0.05) is 299 Å². The van der Waals surface area contributed by atoms with Crippen molar-refractivity contribution in [3.8, 4) is 0 Å². The van der Waals surface area contributed by atoms with Gasteiger partial charge >= 0.3 is 39.5 Å². The van der Waals surface area contributed by atoms with Crippen LogP contribution in [0.1, 0.15) is 351 Å². The Morgan fingerprint density at radius 3 is 0.689 bits per heavy atom. The highest BCUT2D eigenvalue weighted by Crippen LogP contribution is 2.45. The molecule has 0 amide bonds. The summed E-state index contributed by atoms with van der Waals surface area (Å²) < 4.78 is 68.3. The Kier molecular flexibility index (Phi) is 59.4. The van der Waals surface area contributed by atoms with Gasteiger partial charge in [0.15, 0.2) is 12.2 Å². The molecule has 0 saturated carbocycles. The molecule has 3 unspecified atom stereocenters. The Hall–Kier alpha value is -1.94. The van der Waals surface area contributed by atoms with E-state index in [9.17, 15) is 43.2 Å². The minimum Gasteiger partial charge on any atom is -0.462 e. The van der Waals surface area contributed by atoms with Gasteiger partial charge in [-0.25, -0.2) is 9.13 Å². The van der Waals surface area contributed by atoms with Crippen molar-refractivity contribution >= 4 is 39.5 Å². The molecule has 0 spiro atoms. The number of carbonyl (C=O) groups is 4. The molecule has 0 aromatic heterocycles. The van der Waals surface area contributed by atoms with Gasteiger partial charge in [0.05, 0.1) is 26.4 Å². The maximum atomic E-state index is 13.0. The number of hydrogen-bond acceptors (Lipinski definition) is 15. The largest absolute Gasteiger partial charge is 0.472 e. The summed E-state index contributed by atoms with van der Waals surface area (Å²) in [7, 11) is -9.90. The van der Waals surface area contributed by atoms with Crippen LogP contribution in [0.2, 0.25) is 0 Å². The number of hydrogen-bond donors (Lipinski definition) is 3. The molecule has 0 aromatic carbocycles. The van der Waals surface area contributed by atoms with E-state index in [1.165, 1.54) is 148 Å². The highest BCUT2D eigenvalue weighted by molar-refractivity contribution is 7.47. The minimum atomic E-state index is -4.95. The Balaban J connectivity index is 5.26. The van der Waals surface area contributed by atoms with Crippen molar-refractivity contribution < 1.29 is 80.2 Å². The van der Waals surface area contributed by atoms with Crippen LogP contribution in [-0.4, -0.2) is 96.7 Å². The molecule has 0 aromatic rings. The molecule has 3 N–H and O–H groups in total. The summed E-state index contributed by atoms with van der Waals surface area (Å²) in [5.74, 6) is 0.849. The topological polar surface area (TPSA) is 237 Å². The van der Waals surface area contributed by atoms with E-state index in [1.54, 1.807) is 0 Å². The van der Waals surface area contributed by atoms with Gasteiger partial charge in [0.2, 0.25) is 0 Å². The number of unbranched alkanes of at least 4 members (excludes halogenated alkanes) is 34. The van der Waals surface area contributed by atoms with E-state index in [4.69, 9.17) is 37.0 Å². The van der Waals surface area contributed by atoms with E-state index < -0.39 is 97.5 Å². The molecule has 0 heterocycles. The first kappa shape index (κ1) is 88.1. The lowest BCUT2D eigenvalue weighted by Gasteiger charge is -2.21. The summed E-state index contributed by atoms with van der Waals surface area (Å²) in [4.78, 5) is 72.6. The fourth-order valence-corrected chi connectivity index (χ4v) is 12.2. The summed E-state index contributed by atoms with van der Waals surface area (Å²) >= 11 is 0. The second-order valence-electron chi connectivity index (χ2n) is 27.5. The second kappa shape index (κ2) is 60.7. The molecule has 0 aliphatic carbocycles. The van der Waals surface area contributed by atoms with Crippen molar-refractivity contribution in [1.82, 2.24) is 0 Å². The van der Waals surface area contributed by atoms with Gasteiger partial charge in [-0.15, -0.1) is 0 Å². The van der Waals surface area contributed by atoms with Gasteiger partial charge < -0.3 is 33.8 Å². The van der Waals surface area contributed by atoms with E-state index in [-0.39, 0.29) is 25.7 Å². The molecule has 0 bridgehead atoms. The zero-order valence-corrected chi connectivity index (χ0v) is 60.6. The molecule has 0 fully saturated rings. The Bertz CT molecular complexity index is 1780. The van der Waals surface area contributed by atoms with Gasteiger partial charge in [0.1, 0.15) is 19.3 Å². The van der Waals surface area contributed by atoms with Crippen LogP contribution in [-0.2, 0) is 65.4 Å². The number of esters is 4. The molecule has 534 valence electrons. The molecule has 19 heteroatoms. The maximum absolute atomic E-state index is 13.0. The smallest absolute Gasteiger partial charge is 0.462 e. The Labute approximate surface area is 549 Å². The van der Waals surface area contributed by atoms with Crippen LogP contribution in [0.15, 0.2) is 0 Å². The molecule has 0 aliphatic heterocycles. The summed E-state index contributed by atoms with van der Waals surface area (Å²) in [5.41, 5.74) is 0. The zero-order chi connectivity index (χ0) is 66.8. The number of phosphoric ester groups is 2. The Morgan fingerprint density at radius 2 is 0.467 bits per heavy atom. The Morgan fingerprint density at radius 1 is 0.278 bits per heavy atom. The van der Waals surface area contributed by atoms with Crippen molar-refractivity contribution in [2.24, 2.45) is 23.7 Å². The van der Waals surface area contributed by atoms with Gasteiger partial charge in [-0.2, -0.15) is 0 Å². The summed E-state index contributed by atoms with van der Waals surface area (Å²) in [6, 6.07) is 0. The first-order chi connectivity index (χ1) is 43.1.